The SMILES string of the molecule is COc1cc2c(cc1OC)C(=O)[C@H](CC1=CCN(Cc3ccccc3)CC1)C2. The van der Waals surface area contributed by atoms with Crippen LogP contribution >= 0.6 is 0 Å². The van der Waals surface area contributed by atoms with Gasteiger partial charge in [-0.05, 0) is 42.5 Å². The van der Waals surface area contributed by atoms with Gasteiger partial charge in [-0.2, -0.15) is 0 Å². The maximum absolute atomic E-state index is 12.9. The monoisotopic (exact) mass is 377 g/mol. The van der Waals surface area contributed by atoms with E-state index in [-0.39, 0.29) is 11.7 Å². The second-order valence-corrected chi connectivity index (χ2v) is 7.67. The molecule has 0 aromatic heterocycles. The molecule has 1 aliphatic carbocycles. The van der Waals surface area contributed by atoms with E-state index in [9.17, 15) is 4.79 Å². The molecule has 28 heavy (non-hydrogen) atoms. The summed E-state index contributed by atoms with van der Waals surface area (Å²) in [4.78, 5) is 15.4. The zero-order valence-electron chi connectivity index (χ0n) is 16.6. The molecule has 2 aromatic carbocycles. The minimum Gasteiger partial charge on any atom is -0.493 e. The van der Waals surface area contributed by atoms with E-state index >= 15 is 0 Å². The number of ether oxygens (including phenoxy) is 2. The van der Waals surface area contributed by atoms with E-state index in [1.54, 1.807) is 14.2 Å². The molecule has 0 saturated heterocycles. The summed E-state index contributed by atoms with van der Waals surface area (Å²) in [6.45, 7) is 2.99. The van der Waals surface area contributed by atoms with Gasteiger partial charge in [0.2, 0.25) is 0 Å². The van der Waals surface area contributed by atoms with Crippen LogP contribution in [-0.2, 0) is 13.0 Å². The summed E-state index contributed by atoms with van der Waals surface area (Å²) < 4.78 is 10.8. The van der Waals surface area contributed by atoms with E-state index in [2.05, 4.69) is 41.3 Å². The van der Waals surface area contributed by atoms with Crippen molar-refractivity contribution in [3.05, 3.63) is 70.8 Å². The number of nitrogens with zero attached hydrogens (tertiary/aromatic N) is 1. The average molecular weight is 377 g/mol. The van der Waals surface area contributed by atoms with Gasteiger partial charge in [-0.25, -0.2) is 0 Å². The molecule has 0 spiro atoms. The highest BCUT2D eigenvalue weighted by molar-refractivity contribution is 6.03. The van der Waals surface area contributed by atoms with Gasteiger partial charge in [0.1, 0.15) is 0 Å². The molecule has 1 atom stereocenters. The average Bonchev–Trinajstić information content (AvgIpc) is 3.03. The standard InChI is InChI=1S/C24H27NO3/c1-27-22-14-19-13-20(24(26)21(19)15-23(22)28-2)12-17-8-10-25(11-9-17)16-18-6-4-3-5-7-18/h3-8,14-15,20H,9-13,16H2,1-2H3/t20-/m1/s1. The maximum Gasteiger partial charge on any atom is 0.167 e. The van der Waals surface area contributed by atoms with Gasteiger partial charge in [0, 0.05) is 31.1 Å². The summed E-state index contributed by atoms with van der Waals surface area (Å²) in [6, 6.07) is 14.4. The minimum atomic E-state index is 0.0405. The number of Topliss-reactive ketones (excluding diaryl/α,β-unsaturated/α-hetero) is 1. The number of carbonyl (C=O) groups excluding carboxylic acids is 1. The van der Waals surface area contributed by atoms with Gasteiger partial charge in [0.25, 0.3) is 0 Å². The third kappa shape index (κ3) is 3.83. The van der Waals surface area contributed by atoms with Crippen LogP contribution in [0, 0.1) is 5.92 Å². The molecule has 1 aliphatic heterocycles. The number of fused-ring (bicyclic) bond motifs is 1. The van der Waals surface area contributed by atoms with Crippen LogP contribution in [0.25, 0.3) is 0 Å². The Labute approximate surface area is 166 Å². The Morgan fingerprint density at radius 2 is 1.82 bits per heavy atom. The summed E-state index contributed by atoms with van der Waals surface area (Å²) in [5, 5.41) is 0. The normalized spacial score (nSPS) is 19.3. The first-order valence-electron chi connectivity index (χ1n) is 9.91. The topological polar surface area (TPSA) is 38.8 Å². The summed E-state index contributed by atoms with van der Waals surface area (Å²) >= 11 is 0. The minimum absolute atomic E-state index is 0.0405. The second-order valence-electron chi connectivity index (χ2n) is 7.67. The molecule has 2 aromatic rings. The van der Waals surface area contributed by atoms with Gasteiger partial charge < -0.3 is 9.47 Å². The van der Waals surface area contributed by atoms with Gasteiger partial charge in [-0.1, -0.05) is 42.0 Å². The van der Waals surface area contributed by atoms with Crippen molar-refractivity contribution in [1.29, 1.82) is 0 Å². The Morgan fingerprint density at radius 3 is 2.50 bits per heavy atom. The van der Waals surface area contributed by atoms with Crippen LogP contribution in [0.4, 0.5) is 0 Å². The zero-order chi connectivity index (χ0) is 19.5. The lowest BCUT2D eigenvalue weighted by Crippen LogP contribution is -2.29. The lowest BCUT2D eigenvalue weighted by atomic mass is 9.92. The van der Waals surface area contributed by atoms with Crippen LogP contribution in [0.1, 0.15) is 34.3 Å². The fourth-order valence-corrected chi connectivity index (χ4v) is 4.30. The molecule has 0 fully saturated rings. The summed E-state index contributed by atoms with van der Waals surface area (Å²) in [7, 11) is 3.24. The Kier molecular flexibility index (Phi) is 5.49. The summed E-state index contributed by atoms with van der Waals surface area (Å²) in [6.07, 6.45) is 5.01. The Morgan fingerprint density at radius 1 is 1.07 bits per heavy atom. The lowest BCUT2D eigenvalue weighted by molar-refractivity contribution is 0.0934. The van der Waals surface area contributed by atoms with Crippen molar-refractivity contribution in [2.75, 3.05) is 27.3 Å². The van der Waals surface area contributed by atoms with Crippen LogP contribution in [0.15, 0.2) is 54.1 Å². The number of carbonyl (C=O) groups is 1. The van der Waals surface area contributed by atoms with Crippen molar-refractivity contribution < 1.29 is 14.3 Å². The Bertz CT molecular complexity index is 888. The summed E-state index contributed by atoms with van der Waals surface area (Å²) in [5.41, 5.74) is 4.64. The van der Waals surface area contributed by atoms with Crippen LogP contribution < -0.4 is 9.47 Å². The molecule has 0 unspecified atom stereocenters. The molecule has 4 heteroatoms. The van der Waals surface area contributed by atoms with E-state index in [4.69, 9.17) is 9.47 Å². The molecule has 0 bridgehead atoms. The fraction of sp³-hybridized carbons (Fsp3) is 0.375. The number of rotatable bonds is 6. The Hall–Kier alpha value is -2.59. The van der Waals surface area contributed by atoms with Crippen molar-refractivity contribution in [1.82, 2.24) is 4.90 Å². The van der Waals surface area contributed by atoms with E-state index in [1.165, 1.54) is 11.1 Å². The van der Waals surface area contributed by atoms with Gasteiger partial charge in [-0.3, -0.25) is 9.69 Å². The predicted molar refractivity (Wildman–Crippen MR) is 110 cm³/mol. The molecule has 2 aliphatic rings. The molecule has 0 N–H and O–H groups in total. The molecule has 4 nitrogen and oxygen atoms in total. The maximum atomic E-state index is 12.9. The van der Waals surface area contributed by atoms with Crippen molar-refractivity contribution in [3.63, 3.8) is 0 Å². The quantitative estimate of drug-likeness (QED) is 0.705. The highest BCUT2D eigenvalue weighted by Crippen LogP contribution is 2.38. The number of hydrogen-bond donors (Lipinski definition) is 0. The molecule has 4 rings (SSSR count). The van der Waals surface area contributed by atoms with Crippen molar-refractivity contribution >= 4 is 5.78 Å². The highest BCUT2D eigenvalue weighted by Gasteiger charge is 2.32. The molecule has 146 valence electrons. The van der Waals surface area contributed by atoms with Crippen LogP contribution in [0.2, 0.25) is 0 Å². The van der Waals surface area contributed by atoms with E-state index < -0.39 is 0 Å². The molecular formula is C24H27NO3. The third-order valence-electron chi connectivity index (χ3n) is 5.86. The first-order chi connectivity index (χ1) is 13.7. The fourth-order valence-electron chi connectivity index (χ4n) is 4.30. The number of methoxy groups -OCH3 is 2. The lowest BCUT2D eigenvalue weighted by Gasteiger charge is -2.27. The molecular weight excluding hydrogens is 350 g/mol. The predicted octanol–water partition coefficient (Wildman–Crippen LogP) is 4.28. The van der Waals surface area contributed by atoms with Gasteiger partial charge in [0.05, 0.1) is 14.2 Å². The van der Waals surface area contributed by atoms with E-state index in [1.807, 2.05) is 12.1 Å². The smallest absolute Gasteiger partial charge is 0.167 e. The van der Waals surface area contributed by atoms with Crippen molar-refractivity contribution in [2.45, 2.75) is 25.8 Å². The second kappa shape index (κ2) is 8.19. The third-order valence-corrected chi connectivity index (χ3v) is 5.86. The zero-order valence-corrected chi connectivity index (χ0v) is 16.6. The first kappa shape index (κ1) is 18.8. The van der Waals surface area contributed by atoms with Crippen molar-refractivity contribution in [2.24, 2.45) is 5.92 Å². The Balaban J connectivity index is 1.39. The molecule has 0 amide bonds. The molecule has 0 saturated carbocycles. The van der Waals surface area contributed by atoms with Gasteiger partial charge in [0.15, 0.2) is 17.3 Å². The van der Waals surface area contributed by atoms with E-state index in [0.717, 1.165) is 50.0 Å². The van der Waals surface area contributed by atoms with Crippen LogP contribution in [0.5, 0.6) is 11.5 Å². The van der Waals surface area contributed by atoms with Gasteiger partial charge >= 0.3 is 0 Å². The largest absolute Gasteiger partial charge is 0.493 e. The summed E-state index contributed by atoms with van der Waals surface area (Å²) in [5.74, 6) is 1.61. The first-order valence-corrected chi connectivity index (χ1v) is 9.91. The van der Waals surface area contributed by atoms with Crippen LogP contribution in [0.3, 0.4) is 0 Å². The highest BCUT2D eigenvalue weighted by atomic mass is 16.5. The van der Waals surface area contributed by atoms with Crippen molar-refractivity contribution in [3.8, 4) is 11.5 Å². The molecule has 1 heterocycles. The van der Waals surface area contributed by atoms with Gasteiger partial charge in [-0.15, -0.1) is 0 Å². The van der Waals surface area contributed by atoms with Crippen LogP contribution in [-0.4, -0.2) is 38.0 Å². The van der Waals surface area contributed by atoms with E-state index in [0.29, 0.717) is 11.5 Å². The molecule has 0 radical (unpaired) electrons. The number of hydrogen-bond acceptors (Lipinski definition) is 4. The number of benzene rings is 2. The number of ketones is 1.